The Balaban J connectivity index is 2.22. The first-order valence-corrected chi connectivity index (χ1v) is 4.68. The lowest BCUT2D eigenvalue weighted by Gasteiger charge is -2.02. The Bertz CT molecular complexity index is 337. The number of nitrogens with zero attached hydrogens (tertiary/aromatic N) is 2. The number of Topliss-reactive ketones (excluding diaryl/α,β-unsaturated/α-hetero) is 1. The monoisotopic (exact) mass is 178 g/mol. The molecule has 0 aliphatic heterocycles. The van der Waals surface area contributed by atoms with E-state index in [0.717, 1.165) is 5.82 Å². The molecular weight excluding hydrogens is 164 g/mol. The minimum Gasteiger partial charge on any atom is -0.334 e. The molecule has 1 aromatic rings. The molecule has 1 aliphatic carbocycles. The van der Waals surface area contributed by atoms with Gasteiger partial charge in [-0.05, 0) is 19.8 Å². The number of hydrogen-bond donors (Lipinski definition) is 0. The van der Waals surface area contributed by atoms with E-state index in [1.165, 1.54) is 18.5 Å². The quantitative estimate of drug-likeness (QED) is 0.701. The van der Waals surface area contributed by atoms with Crippen LogP contribution in [0, 0.1) is 0 Å². The zero-order valence-corrected chi connectivity index (χ0v) is 8.08. The average Bonchev–Trinajstić information content (AvgIpc) is 2.81. The number of ketones is 1. The first kappa shape index (κ1) is 8.48. The Hall–Kier alpha value is -1.12. The minimum atomic E-state index is 0.177. The normalized spacial score (nSPS) is 16.2. The first-order valence-electron chi connectivity index (χ1n) is 4.68. The number of hydrogen-bond acceptors (Lipinski definition) is 2. The molecule has 3 nitrogen and oxygen atoms in total. The molecule has 0 radical (unpaired) electrons. The van der Waals surface area contributed by atoms with Crippen molar-refractivity contribution in [3.05, 3.63) is 17.7 Å². The SMILES string of the molecule is CC(=O)Cc1ncc(C2CC2)n1C. The molecule has 0 bridgehead atoms. The lowest BCUT2D eigenvalue weighted by Crippen LogP contribution is -2.05. The highest BCUT2D eigenvalue weighted by atomic mass is 16.1. The third kappa shape index (κ3) is 1.64. The van der Waals surface area contributed by atoms with E-state index in [2.05, 4.69) is 9.55 Å². The van der Waals surface area contributed by atoms with Gasteiger partial charge < -0.3 is 4.57 Å². The molecule has 0 N–H and O–H groups in total. The van der Waals surface area contributed by atoms with Gasteiger partial charge in [-0.1, -0.05) is 0 Å². The van der Waals surface area contributed by atoms with Crippen LogP contribution in [0.5, 0.6) is 0 Å². The molecule has 1 aliphatic rings. The summed E-state index contributed by atoms with van der Waals surface area (Å²) >= 11 is 0. The van der Waals surface area contributed by atoms with Gasteiger partial charge in [0.2, 0.25) is 0 Å². The Morgan fingerprint density at radius 3 is 2.92 bits per heavy atom. The highest BCUT2D eigenvalue weighted by Gasteiger charge is 2.27. The molecule has 1 fully saturated rings. The van der Waals surface area contributed by atoms with Crippen LogP contribution in [0.4, 0.5) is 0 Å². The minimum absolute atomic E-state index is 0.177. The van der Waals surface area contributed by atoms with E-state index >= 15 is 0 Å². The highest BCUT2D eigenvalue weighted by molar-refractivity contribution is 5.77. The fraction of sp³-hybridized carbons (Fsp3) is 0.600. The first-order chi connectivity index (χ1) is 6.18. The van der Waals surface area contributed by atoms with Crippen molar-refractivity contribution in [2.24, 2.45) is 7.05 Å². The Labute approximate surface area is 77.8 Å². The molecule has 1 saturated carbocycles. The Morgan fingerprint density at radius 2 is 2.38 bits per heavy atom. The Kier molecular flexibility index (Phi) is 1.94. The van der Waals surface area contributed by atoms with Crippen molar-refractivity contribution >= 4 is 5.78 Å². The fourth-order valence-electron chi connectivity index (χ4n) is 1.61. The molecule has 0 spiro atoms. The van der Waals surface area contributed by atoms with Crippen LogP contribution in [0.1, 0.15) is 37.2 Å². The predicted molar refractivity (Wildman–Crippen MR) is 49.6 cm³/mol. The molecule has 0 unspecified atom stereocenters. The van der Waals surface area contributed by atoms with Crippen molar-refractivity contribution in [1.82, 2.24) is 9.55 Å². The fourth-order valence-corrected chi connectivity index (χ4v) is 1.61. The third-order valence-corrected chi connectivity index (χ3v) is 2.52. The number of aromatic nitrogens is 2. The van der Waals surface area contributed by atoms with E-state index < -0.39 is 0 Å². The van der Waals surface area contributed by atoms with E-state index in [9.17, 15) is 4.79 Å². The van der Waals surface area contributed by atoms with Gasteiger partial charge in [0.1, 0.15) is 11.6 Å². The standard InChI is InChI=1S/C10H14N2O/c1-7(13)5-10-11-6-9(12(10)2)8-3-4-8/h6,8H,3-5H2,1-2H3. The number of carbonyl (C=O) groups is 1. The van der Waals surface area contributed by atoms with Crippen molar-refractivity contribution in [3.63, 3.8) is 0 Å². The summed E-state index contributed by atoms with van der Waals surface area (Å²) in [5, 5.41) is 0. The van der Waals surface area contributed by atoms with E-state index in [0.29, 0.717) is 12.3 Å². The van der Waals surface area contributed by atoms with Crippen molar-refractivity contribution in [1.29, 1.82) is 0 Å². The molecule has 13 heavy (non-hydrogen) atoms. The van der Waals surface area contributed by atoms with E-state index in [1.54, 1.807) is 6.92 Å². The maximum Gasteiger partial charge on any atom is 0.137 e. The van der Waals surface area contributed by atoms with Crippen molar-refractivity contribution in [2.45, 2.75) is 32.1 Å². The van der Waals surface area contributed by atoms with Gasteiger partial charge in [0, 0.05) is 24.9 Å². The maximum absolute atomic E-state index is 10.9. The molecular formula is C10H14N2O. The molecule has 0 amide bonds. The summed E-state index contributed by atoms with van der Waals surface area (Å²) < 4.78 is 2.07. The smallest absolute Gasteiger partial charge is 0.137 e. The van der Waals surface area contributed by atoms with Gasteiger partial charge >= 0.3 is 0 Å². The maximum atomic E-state index is 10.9. The largest absolute Gasteiger partial charge is 0.334 e. The second-order valence-electron chi connectivity index (χ2n) is 3.81. The average molecular weight is 178 g/mol. The number of carbonyl (C=O) groups excluding carboxylic acids is 1. The summed E-state index contributed by atoms with van der Waals surface area (Å²) in [5.74, 6) is 1.78. The van der Waals surface area contributed by atoms with Crippen LogP contribution in [-0.4, -0.2) is 15.3 Å². The van der Waals surface area contributed by atoms with Crippen LogP contribution in [0.15, 0.2) is 6.20 Å². The summed E-state index contributed by atoms with van der Waals surface area (Å²) in [4.78, 5) is 15.2. The van der Waals surface area contributed by atoms with Crippen LogP contribution in [0.3, 0.4) is 0 Å². The number of imidazole rings is 1. The molecule has 0 atom stereocenters. The summed E-state index contributed by atoms with van der Waals surface area (Å²) in [6, 6.07) is 0. The predicted octanol–water partition coefficient (Wildman–Crippen LogP) is 1.43. The van der Waals surface area contributed by atoms with Crippen molar-refractivity contribution < 1.29 is 4.79 Å². The van der Waals surface area contributed by atoms with Crippen molar-refractivity contribution in [3.8, 4) is 0 Å². The third-order valence-electron chi connectivity index (χ3n) is 2.52. The van der Waals surface area contributed by atoms with Gasteiger partial charge in [-0.25, -0.2) is 4.98 Å². The van der Waals surface area contributed by atoms with Gasteiger partial charge in [-0.2, -0.15) is 0 Å². The molecule has 3 heteroatoms. The van der Waals surface area contributed by atoms with Crippen LogP contribution >= 0.6 is 0 Å². The summed E-state index contributed by atoms with van der Waals surface area (Å²) in [7, 11) is 2.00. The Morgan fingerprint density at radius 1 is 1.69 bits per heavy atom. The van der Waals surface area contributed by atoms with Gasteiger partial charge in [0.25, 0.3) is 0 Å². The summed E-state index contributed by atoms with van der Waals surface area (Å²) in [6.45, 7) is 1.60. The van der Waals surface area contributed by atoms with E-state index in [-0.39, 0.29) is 5.78 Å². The second kappa shape index (κ2) is 2.98. The lowest BCUT2D eigenvalue weighted by atomic mass is 10.3. The van der Waals surface area contributed by atoms with Crippen LogP contribution in [-0.2, 0) is 18.3 Å². The van der Waals surface area contributed by atoms with Gasteiger partial charge in [-0.15, -0.1) is 0 Å². The molecule has 0 saturated heterocycles. The highest BCUT2D eigenvalue weighted by Crippen LogP contribution is 2.39. The van der Waals surface area contributed by atoms with Gasteiger partial charge in [-0.3, -0.25) is 4.79 Å². The van der Waals surface area contributed by atoms with E-state index in [1.807, 2.05) is 13.2 Å². The number of rotatable bonds is 3. The zero-order chi connectivity index (χ0) is 9.42. The second-order valence-corrected chi connectivity index (χ2v) is 3.81. The lowest BCUT2D eigenvalue weighted by molar-refractivity contribution is -0.116. The van der Waals surface area contributed by atoms with Crippen LogP contribution < -0.4 is 0 Å². The van der Waals surface area contributed by atoms with E-state index in [4.69, 9.17) is 0 Å². The molecule has 1 aromatic heterocycles. The molecule has 0 aromatic carbocycles. The summed E-state index contributed by atoms with van der Waals surface area (Å²) in [6.07, 6.45) is 4.93. The molecule has 2 rings (SSSR count). The van der Waals surface area contributed by atoms with Gasteiger partial charge in [0.05, 0.1) is 6.42 Å². The van der Waals surface area contributed by atoms with Gasteiger partial charge in [0.15, 0.2) is 0 Å². The van der Waals surface area contributed by atoms with Crippen molar-refractivity contribution in [2.75, 3.05) is 0 Å². The summed E-state index contributed by atoms with van der Waals surface area (Å²) in [5.41, 5.74) is 1.29. The molecule has 1 heterocycles. The van der Waals surface area contributed by atoms with Crippen LogP contribution in [0.25, 0.3) is 0 Å². The zero-order valence-electron chi connectivity index (χ0n) is 8.08. The molecule has 70 valence electrons. The van der Waals surface area contributed by atoms with Crippen LogP contribution in [0.2, 0.25) is 0 Å². The topological polar surface area (TPSA) is 34.9 Å².